The number of ether oxygens (including phenoxy) is 2. The quantitative estimate of drug-likeness (QED) is 0.650. The van der Waals surface area contributed by atoms with Crippen LogP contribution in [0, 0.1) is 6.92 Å². The number of nitrogens with zero attached hydrogens (tertiary/aromatic N) is 2. The Labute approximate surface area is 166 Å². The van der Waals surface area contributed by atoms with Crippen molar-refractivity contribution in [1.82, 2.24) is 9.55 Å². The van der Waals surface area contributed by atoms with Crippen LogP contribution in [0.3, 0.4) is 0 Å². The second kappa shape index (κ2) is 8.01. The molecule has 0 saturated carbocycles. The van der Waals surface area contributed by atoms with Gasteiger partial charge in [-0.25, -0.2) is 4.98 Å². The van der Waals surface area contributed by atoms with Crippen LogP contribution < -0.4 is 26.1 Å². The van der Waals surface area contributed by atoms with E-state index in [0.717, 1.165) is 5.56 Å². The predicted octanol–water partition coefficient (Wildman–Crippen LogP) is 1.46. The van der Waals surface area contributed by atoms with Crippen LogP contribution in [0.25, 0.3) is 10.9 Å². The molecule has 3 rings (SSSR count). The van der Waals surface area contributed by atoms with Crippen LogP contribution in [-0.2, 0) is 11.3 Å². The van der Waals surface area contributed by atoms with Gasteiger partial charge in [0, 0.05) is 6.07 Å². The summed E-state index contributed by atoms with van der Waals surface area (Å²) in [5, 5.41) is 3.01. The zero-order valence-corrected chi connectivity index (χ0v) is 16.2. The highest BCUT2D eigenvalue weighted by molar-refractivity contribution is 6.03. The molecule has 0 atom stereocenters. The minimum atomic E-state index is -0.749. The molecule has 0 aliphatic heterocycles. The zero-order chi connectivity index (χ0) is 21.1. The number of fused-ring (bicyclic) bond motifs is 1. The third kappa shape index (κ3) is 3.88. The Kier molecular flexibility index (Phi) is 5.49. The molecule has 2 amide bonds. The average molecular weight is 396 g/mol. The Hall–Kier alpha value is -3.88. The fraction of sp³-hybridized carbons (Fsp3) is 0.200. The Bertz CT molecular complexity index is 1170. The summed E-state index contributed by atoms with van der Waals surface area (Å²) in [6.07, 6.45) is 1.32. The van der Waals surface area contributed by atoms with Crippen LogP contribution in [0.2, 0.25) is 0 Å². The molecule has 29 heavy (non-hydrogen) atoms. The predicted molar refractivity (Wildman–Crippen MR) is 107 cm³/mol. The van der Waals surface area contributed by atoms with Crippen molar-refractivity contribution in [3.05, 3.63) is 58.1 Å². The van der Waals surface area contributed by atoms with Crippen LogP contribution in [0.5, 0.6) is 11.5 Å². The molecule has 9 nitrogen and oxygen atoms in total. The number of para-hydroxylation sites is 1. The van der Waals surface area contributed by atoms with Gasteiger partial charge in [0.25, 0.3) is 11.5 Å². The lowest BCUT2D eigenvalue weighted by Gasteiger charge is -2.14. The Morgan fingerprint density at radius 2 is 1.86 bits per heavy atom. The standard InChI is InChI=1S/C20H20N4O5/c1-11-5-4-6-12-18(11)22-10-24(20(12)27)9-17(25)23-14-8-16(29-3)15(28-2)7-13(14)19(21)26/h4-8,10H,9H2,1-3H3,(H2,21,26)(H,23,25). The molecule has 0 bridgehead atoms. The smallest absolute Gasteiger partial charge is 0.261 e. The van der Waals surface area contributed by atoms with Crippen molar-refractivity contribution in [2.24, 2.45) is 5.73 Å². The number of hydrogen-bond acceptors (Lipinski definition) is 6. The first-order valence-electron chi connectivity index (χ1n) is 8.66. The minimum Gasteiger partial charge on any atom is -0.493 e. The molecule has 2 aromatic carbocycles. The van der Waals surface area contributed by atoms with Crippen molar-refractivity contribution in [1.29, 1.82) is 0 Å². The van der Waals surface area contributed by atoms with Crippen LogP contribution >= 0.6 is 0 Å². The molecule has 3 N–H and O–H groups in total. The van der Waals surface area contributed by atoms with E-state index in [-0.39, 0.29) is 23.4 Å². The van der Waals surface area contributed by atoms with E-state index in [1.807, 2.05) is 13.0 Å². The highest BCUT2D eigenvalue weighted by Crippen LogP contribution is 2.33. The number of primary amides is 1. The van der Waals surface area contributed by atoms with E-state index >= 15 is 0 Å². The van der Waals surface area contributed by atoms with Gasteiger partial charge in [0.2, 0.25) is 5.91 Å². The van der Waals surface area contributed by atoms with E-state index < -0.39 is 11.8 Å². The van der Waals surface area contributed by atoms with Gasteiger partial charge < -0.3 is 20.5 Å². The molecule has 1 aromatic heterocycles. The third-order valence-electron chi connectivity index (χ3n) is 4.43. The van der Waals surface area contributed by atoms with Crippen molar-refractivity contribution in [2.45, 2.75) is 13.5 Å². The number of aromatic nitrogens is 2. The third-order valence-corrected chi connectivity index (χ3v) is 4.43. The second-order valence-electron chi connectivity index (χ2n) is 6.31. The van der Waals surface area contributed by atoms with Crippen LogP contribution in [0.1, 0.15) is 15.9 Å². The number of hydrogen-bond donors (Lipinski definition) is 2. The lowest BCUT2D eigenvalue weighted by atomic mass is 10.1. The topological polar surface area (TPSA) is 126 Å². The average Bonchev–Trinajstić information content (AvgIpc) is 2.70. The monoisotopic (exact) mass is 396 g/mol. The fourth-order valence-corrected chi connectivity index (χ4v) is 2.98. The molecule has 0 fully saturated rings. The summed E-state index contributed by atoms with van der Waals surface area (Å²) in [6, 6.07) is 8.08. The van der Waals surface area contributed by atoms with Crippen molar-refractivity contribution < 1.29 is 19.1 Å². The number of rotatable bonds is 6. The van der Waals surface area contributed by atoms with Gasteiger partial charge in [0.1, 0.15) is 6.54 Å². The Morgan fingerprint density at radius 1 is 1.17 bits per heavy atom. The first-order valence-corrected chi connectivity index (χ1v) is 8.66. The highest BCUT2D eigenvalue weighted by atomic mass is 16.5. The fourth-order valence-electron chi connectivity index (χ4n) is 2.98. The maximum atomic E-state index is 12.7. The molecule has 0 unspecified atom stereocenters. The number of nitrogens with two attached hydrogens (primary N) is 1. The van der Waals surface area contributed by atoms with E-state index in [1.165, 1.54) is 37.2 Å². The largest absolute Gasteiger partial charge is 0.493 e. The summed E-state index contributed by atoms with van der Waals surface area (Å²) < 4.78 is 11.5. The lowest BCUT2D eigenvalue weighted by molar-refractivity contribution is -0.116. The molecule has 3 aromatic rings. The first-order chi connectivity index (χ1) is 13.8. The summed E-state index contributed by atoms with van der Waals surface area (Å²) in [5.41, 5.74) is 6.73. The maximum Gasteiger partial charge on any atom is 0.261 e. The van der Waals surface area contributed by atoms with Crippen molar-refractivity contribution in [3.63, 3.8) is 0 Å². The molecule has 150 valence electrons. The maximum absolute atomic E-state index is 12.7. The zero-order valence-electron chi connectivity index (χ0n) is 16.2. The van der Waals surface area contributed by atoms with E-state index in [2.05, 4.69) is 10.3 Å². The van der Waals surface area contributed by atoms with Crippen LogP contribution in [0.15, 0.2) is 41.5 Å². The summed E-state index contributed by atoms with van der Waals surface area (Å²) in [6.45, 7) is 1.57. The molecule has 1 heterocycles. The molecule has 0 spiro atoms. The summed E-state index contributed by atoms with van der Waals surface area (Å²) >= 11 is 0. The van der Waals surface area contributed by atoms with E-state index in [0.29, 0.717) is 22.4 Å². The molecule has 0 aliphatic rings. The minimum absolute atomic E-state index is 0.0515. The number of nitrogens with one attached hydrogen (secondary N) is 1. The first kappa shape index (κ1) is 19.9. The summed E-state index contributed by atoms with van der Waals surface area (Å²) in [4.78, 5) is 41.2. The number of aryl methyl sites for hydroxylation is 1. The molecule has 0 saturated heterocycles. The van der Waals surface area contributed by atoms with Crippen molar-refractivity contribution in [2.75, 3.05) is 19.5 Å². The van der Waals surface area contributed by atoms with E-state index in [1.54, 1.807) is 12.1 Å². The number of amides is 2. The number of benzene rings is 2. The Morgan fingerprint density at radius 3 is 2.52 bits per heavy atom. The molecule has 0 radical (unpaired) electrons. The SMILES string of the molecule is COc1cc(NC(=O)Cn2cnc3c(C)cccc3c2=O)c(C(N)=O)cc1OC. The molecule has 9 heteroatoms. The van der Waals surface area contributed by atoms with E-state index in [4.69, 9.17) is 15.2 Å². The van der Waals surface area contributed by atoms with Crippen LogP contribution in [-0.4, -0.2) is 35.6 Å². The van der Waals surface area contributed by atoms with Gasteiger partial charge in [-0.2, -0.15) is 0 Å². The second-order valence-corrected chi connectivity index (χ2v) is 6.31. The van der Waals surface area contributed by atoms with E-state index in [9.17, 15) is 14.4 Å². The number of anilines is 1. The summed E-state index contributed by atoms with van der Waals surface area (Å²) in [7, 11) is 2.84. The van der Waals surface area contributed by atoms with Gasteiger partial charge >= 0.3 is 0 Å². The normalized spacial score (nSPS) is 10.6. The van der Waals surface area contributed by atoms with Gasteiger partial charge in [-0.1, -0.05) is 12.1 Å². The molecular weight excluding hydrogens is 376 g/mol. The highest BCUT2D eigenvalue weighted by Gasteiger charge is 2.17. The lowest BCUT2D eigenvalue weighted by Crippen LogP contribution is -2.28. The van der Waals surface area contributed by atoms with Gasteiger partial charge in [-0.3, -0.25) is 19.0 Å². The van der Waals surface area contributed by atoms with Gasteiger partial charge in [0.15, 0.2) is 11.5 Å². The molecule has 0 aliphatic carbocycles. The van der Waals surface area contributed by atoms with Crippen molar-refractivity contribution >= 4 is 28.4 Å². The number of carbonyl (C=O) groups excluding carboxylic acids is 2. The van der Waals surface area contributed by atoms with Crippen LogP contribution in [0.4, 0.5) is 5.69 Å². The molecular formula is C20H20N4O5. The van der Waals surface area contributed by atoms with Gasteiger partial charge in [-0.15, -0.1) is 0 Å². The van der Waals surface area contributed by atoms with Gasteiger partial charge in [0.05, 0.1) is 42.7 Å². The summed E-state index contributed by atoms with van der Waals surface area (Å²) in [5.74, 6) is -0.672. The Balaban J connectivity index is 1.92. The number of methoxy groups -OCH3 is 2. The number of carbonyl (C=O) groups is 2. The van der Waals surface area contributed by atoms with Gasteiger partial charge in [-0.05, 0) is 24.6 Å². The van der Waals surface area contributed by atoms with Crippen molar-refractivity contribution in [3.8, 4) is 11.5 Å².